The second-order valence-electron chi connectivity index (χ2n) is 6.44. The summed E-state index contributed by atoms with van der Waals surface area (Å²) in [7, 11) is 3.22. The summed E-state index contributed by atoms with van der Waals surface area (Å²) < 4.78 is 12.3. The summed E-state index contributed by atoms with van der Waals surface area (Å²) in [4.78, 5) is 22.4. The van der Waals surface area contributed by atoms with Gasteiger partial charge in [0.1, 0.15) is 11.4 Å². The number of hydrogen-bond donors (Lipinski definition) is 0. The highest BCUT2D eigenvalue weighted by Gasteiger charge is 2.28. The summed E-state index contributed by atoms with van der Waals surface area (Å²) in [6.07, 6.45) is 1.35. The van der Waals surface area contributed by atoms with Crippen LogP contribution in [0.2, 0.25) is 0 Å². The third-order valence-corrected chi connectivity index (χ3v) is 3.57. The Bertz CT molecular complexity index is 728. The lowest BCUT2D eigenvalue weighted by Gasteiger charge is -2.19. The molecule has 1 aromatic carbocycles. The first-order chi connectivity index (χ1) is 10.9. The van der Waals surface area contributed by atoms with E-state index in [1.54, 1.807) is 20.8 Å². The van der Waals surface area contributed by atoms with E-state index in [2.05, 4.69) is 0 Å². The van der Waals surface area contributed by atoms with Gasteiger partial charge in [0, 0.05) is 23.5 Å². The van der Waals surface area contributed by atoms with Crippen molar-refractivity contribution >= 4 is 24.5 Å². The molecule has 1 radical (unpaired) electrons. The summed E-state index contributed by atoms with van der Waals surface area (Å²) in [6.45, 7) is 5.93. The van der Waals surface area contributed by atoms with Crippen molar-refractivity contribution in [2.75, 3.05) is 13.7 Å². The maximum Gasteiger partial charge on any atom is 0.419 e. The highest BCUT2D eigenvalue weighted by Crippen LogP contribution is 2.32. The third-order valence-electron chi connectivity index (χ3n) is 3.57. The number of fused-ring (bicyclic) bond motifs is 1. The zero-order valence-electron chi connectivity index (χ0n) is 13.7. The molecule has 6 nitrogen and oxygen atoms in total. The van der Waals surface area contributed by atoms with E-state index >= 15 is 0 Å². The molecule has 1 unspecified atom stereocenters. The van der Waals surface area contributed by atoms with Crippen molar-refractivity contribution in [3.05, 3.63) is 30.0 Å². The van der Waals surface area contributed by atoms with E-state index in [1.165, 1.54) is 4.57 Å². The summed E-state index contributed by atoms with van der Waals surface area (Å²) in [6, 6.07) is 5.61. The van der Waals surface area contributed by atoms with Gasteiger partial charge in [-0.3, -0.25) is 9.45 Å². The fourth-order valence-electron chi connectivity index (χ4n) is 2.54. The van der Waals surface area contributed by atoms with Crippen molar-refractivity contribution in [2.24, 2.45) is 0 Å². The van der Waals surface area contributed by atoms with Crippen LogP contribution >= 0.6 is 0 Å². The van der Waals surface area contributed by atoms with Gasteiger partial charge in [0.15, 0.2) is 0 Å². The minimum absolute atomic E-state index is 0.0328. The molecule has 23 heavy (non-hydrogen) atoms. The number of methoxy groups -OCH3 is 1. The Hall–Kier alpha value is -1.99. The number of benzene rings is 1. The highest BCUT2D eigenvalue weighted by atomic mass is 17.2. The zero-order chi connectivity index (χ0) is 16.6. The monoisotopic (exact) mass is 316 g/mol. The molecule has 2 aromatic rings. The van der Waals surface area contributed by atoms with Crippen LogP contribution in [0, 0.1) is 0 Å². The lowest BCUT2D eigenvalue weighted by atomic mass is 9.76. The molecular formula is C16H19BNO5. The number of carbonyl (C=O) groups is 1. The van der Waals surface area contributed by atoms with E-state index < -0.39 is 11.7 Å². The molecule has 3 rings (SSSR count). The Kier molecular flexibility index (Phi) is 4.08. The first-order valence-electron chi connectivity index (χ1n) is 7.43. The van der Waals surface area contributed by atoms with E-state index in [-0.39, 0.29) is 5.82 Å². The number of rotatable bonds is 2. The van der Waals surface area contributed by atoms with Crippen molar-refractivity contribution in [2.45, 2.75) is 32.2 Å². The molecule has 1 saturated heterocycles. The smallest absolute Gasteiger partial charge is 0.419 e. The minimum Gasteiger partial charge on any atom is -0.497 e. The zero-order valence-corrected chi connectivity index (χ0v) is 13.7. The molecule has 1 atom stereocenters. The lowest BCUT2D eigenvalue weighted by molar-refractivity contribution is -0.183. The van der Waals surface area contributed by atoms with Gasteiger partial charge in [0.25, 0.3) is 0 Å². The molecule has 1 aliphatic heterocycles. The van der Waals surface area contributed by atoms with Crippen LogP contribution in [0.1, 0.15) is 32.2 Å². The van der Waals surface area contributed by atoms with Crippen LogP contribution in [-0.2, 0) is 14.4 Å². The Morgan fingerprint density at radius 2 is 2.17 bits per heavy atom. The van der Waals surface area contributed by atoms with Gasteiger partial charge in [-0.25, -0.2) is 4.79 Å². The fraction of sp³-hybridized carbons (Fsp3) is 0.438. The van der Waals surface area contributed by atoms with E-state index in [9.17, 15) is 4.79 Å². The van der Waals surface area contributed by atoms with E-state index in [0.717, 1.165) is 16.5 Å². The third kappa shape index (κ3) is 3.21. The normalized spacial score (nSPS) is 18.0. The van der Waals surface area contributed by atoms with Crippen molar-refractivity contribution in [3.8, 4) is 5.75 Å². The Balaban J connectivity index is 2.09. The standard InChI is InChI=1S/C16H19BNO5/c1-16(2,3)22-15(19)18-8-12(13-9-21-23-17-13)11-6-5-10(20-4)7-14(11)18/h5-8,13H,9H2,1-4H3. The van der Waals surface area contributed by atoms with Crippen LogP contribution in [-0.4, -0.2) is 37.5 Å². The Morgan fingerprint density at radius 1 is 1.39 bits per heavy atom. The van der Waals surface area contributed by atoms with Gasteiger partial charge in [-0.15, -0.1) is 0 Å². The minimum atomic E-state index is -0.571. The quantitative estimate of drug-likeness (QED) is 0.629. The molecule has 121 valence electrons. The second-order valence-corrected chi connectivity index (χ2v) is 6.44. The number of aromatic nitrogens is 1. The van der Waals surface area contributed by atoms with Crippen LogP contribution in [0.25, 0.3) is 10.9 Å². The molecule has 1 fully saturated rings. The first-order valence-corrected chi connectivity index (χ1v) is 7.43. The second kappa shape index (κ2) is 5.90. The molecule has 7 heteroatoms. The van der Waals surface area contributed by atoms with Crippen molar-refractivity contribution in [3.63, 3.8) is 0 Å². The highest BCUT2D eigenvalue weighted by molar-refractivity contribution is 6.31. The average molecular weight is 316 g/mol. The van der Waals surface area contributed by atoms with Gasteiger partial charge in [0.05, 0.1) is 19.2 Å². The molecule has 1 aromatic heterocycles. The van der Waals surface area contributed by atoms with Gasteiger partial charge in [-0.2, -0.15) is 0 Å². The summed E-state index contributed by atoms with van der Waals surface area (Å²) in [5.41, 5.74) is 1.11. The van der Waals surface area contributed by atoms with Gasteiger partial charge < -0.3 is 14.3 Å². The first kappa shape index (κ1) is 15.9. The maximum atomic E-state index is 12.5. The molecule has 0 spiro atoms. The van der Waals surface area contributed by atoms with Gasteiger partial charge in [-0.1, -0.05) is 0 Å². The SMILES string of the molecule is COc1ccc2c(C3[B]OOC3)cn(C(=O)OC(C)(C)C)c2c1. The summed E-state index contributed by atoms with van der Waals surface area (Å²) in [5.74, 6) is 0.643. The van der Waals surface area contributed by atoms with Crippen LogP contribution in [0.3, 0.4) is 0 Å². The Morgan fingerprint density at radius 3 is 2.78 bits per heavy atom. The van der Waals surface area contributed by atoms with Gasteiger partial charge >= 0.3 is 13.6 Å². The van der Waals surface area contributed by atoms with Crippen LogP contribution < -0.4 is 4.74 Å². The van der Waals surface area contributed by atoms with Crippen molar-refractivity contribution in [1.29, 1.82) is 0 Å². The number of carbonyl (C=O) groups excluding carboxylic acids is 1. The lowest BCUT2D eigenvalue weighted by Crippen LogP contribution is -2.26. The molecular weight excluding hydrogens is 297 g/mol. The van der Waals surface area contributed by atoms with Crippen LogP contribution in [0.15, 0.2) is 24.4 Å². The molecule has 0 saturated carbocycles. The van der Waals surface area contributed by atoms with E-state index in [0.29, 0.717) is 12.4 Å². The molecule has 0 amide bonds. The van der Waals surface area contributed by atoms with Gasteiger partial charge in [-0.05, 0) is 38.5 Å². The predicted octanol–water partition coefficient (Wildman–Crippen LogP) is 3.06. The number of hydrogen-bond acceptors (Lipinski definition) is 5. The predicted molar refractivity (Wildman–Crippen MR) is 85.7 cm³/mol. The van der Waals surface area contributed by atoms with E-state index in [1.807, 2.05) is 39.0 Å². The van der Waals surface area contributed by atoms with E-state index in [4.69, 9.17) is 19.2 Å². The number of ether oxygens (including phenoxy) is 2. The summed E-state index contributed by atoms with van der Waals surface area (Å²) >= 11 is 0. The fourth-order valence-corrected chi connectivity index (χ4v) is 2.54. The van der Waals surface area contributed by atoms with Gasteiger partial charge in [0.2, 0.25) is 0 Å². The molecule has 1 aliphatic rings. The summed E-state index contributed by atoms with van der Waals surface area (Å²) in [5, 5.41) is 0.937. The van der Waals surface area contributed by atoms with Crippen LogP contribution in [0.5, 0.6) is 5.75 Å². The van der Waals surface area contributed by atoms with Crippen molar-refractivity contribution < 1.29 is 24.0 Å². The molecule has 0 bridgehead atoms. The van der Waals surface area contributed by atoms with Crippen molar-refractivity contribution in [1.82, 2.24) is 4.57 Å². The molecule has 0 aliphatic carbocycles. The molecule has 0 N–H and O–H groups in total. The number of nitrogens with zero attached hydrogens (tertiary/aromatic N) is 1. The molecule has 2 heterocycles. The maximum absolute atomic E-state index is 12.5. The average Bonchev–Trinajstić information content (AvgIpc) is 3.11. The largest absolute Gasteiger partial charge is 0.497 e. The topological polar surface area (TPSA) is 58.9 Å². The van der Waals surface area contributed by atoms with Crippen LogP contribution in [0.4, 0.5) is 4.79 Å². The Labute approximate surface area is 135 Å².